The number of primary amides is 1. The van der Waals surface area contributed by atoms with Gasteiger partial charge in [-0.2, -0.15) is 15.4 Å². The lowest BCUT2D eigenvalue weighted by Gasteiger charge is -2.08. The second-order valence-electron chi connectivity index (χ2n) is 4.93. The maximum absolute atomic E-state index is 13.5. The third-order valence-electron chi connectivity index (χ3n) is 3.31. The Morgan fingerprint density at radius 2 is 1.88 bits per heavy atom. The number of ether oxygens (including phenoxy) is 1. The molecule has 0 bridgehead atoms. The topological polar surface area (TPSA) is 93.9 Å². The van der Waals surface area contributed by atoms with E-state index in [0.29, 0.717) is 17.0 Å². The summed E-state index contributed by atoms with van der Waals surface area (Å²) in [4.78, 5) is 11.3. The SMILES string of the molecule is NC(=O)c1n[nH]nc1-c1ccc(OCc2cc(F)ccc2F)cc1. The number of amides is 1. The number of rotatable bonds is 5. The van der Waals surface area contributed by atoms with Crippen LogP contribution in [-0.2, 0) is 6.61 Å². The summed E-state index contributed by atoms with van der Waals surface area (Å²) in [6.45, 7) is -0.112. The minimum absolute atomic E-state index is 0.0329. The molecule has 0 aliphatic rings. The van der Waals surface area contributed by atoms with Crippen LogP contribution in [0.5, 0.6) is 5.75 Å². The molecule has 0 radical (unpaired) electrons. The van der Waals surface area contributed by atoms with Gasteiger partial charge in [-0.3, -0.25) is 4.79 Å². The number of carbonyl (C=O) groups excluding carboxylic acids is 1. The van der Waals surface area contributed by atoms with Crippen LogP contribution in [0.1, 0.15) is 16.1 Å². The summed E-state index contributed by atoms with van der Waals surface area (Å²) in [5.41, 5.74) is 6.30. The first-order chi connectivity index (χ1) is 11.5. The van der Waals surface area contributed by atoms with Crippen molar-refractivity contribution in [1.29, 1.82) is 0 Å². The number of nitrogens with one attached hydrogen (secondary N) is 1. The van der Waals surface area contributed by atoms with Crippen LogP contribution in [0, 0.1) is 11.6 Å². The van der Waals surface area contributed by atoms with Crippen LogP contribution in [0.2, 0.25) is 0 Å². The lowest BCUT2D eigenvalue weighted by atomic mass is 10.1. The molecular formula is C16H12F2N4O2. The van der Waals surface area contributed by atoms with E-state index in [1.54, 1.807) is 24.3 Å². The maximum atomic E-state index is 13.5. The minimum atomic E-state index is -0.694. The van der Waals surface area contributed by atoms with Gasteiger partial charge in [0.2, 0.25) is 0 Å². The van der Waals surface area contributed by atoms with E-state index in [1.807, 2.05) is 0 Å². The molecule has 1 heterocycles. The number of hydrogen-bond donors (Lipinski definition) is 2. The van der Waals surface area contributed by atoms with Crippen molar-refractivity contribution in [3.8, 4) is 17.0 Å². The highest BCUT2D eigenvalue weighted by Crippen LogP contribution is 2.23. The van der Waals surface area contributed by atoms with Gasteiger partial charge in [-0.15, -0.1) is 0 Å². The van der Waals surface area contributed by atoms with Crippen LogP contribution < -0.4 is 10.5 Å². The molecule has 1 amide bonds. The van der Waals surface area contributed by atoms with E-state index in [9.17, 15) is 13.6 Å². The number of carbonyl (C=O) groups is 1. The molecule has 1 aromatic heterocycles. The molecule has 2 aromatic carbocycles. The van der Waals surface area contributed by atoms with Crippen molar-refractivity contribution < 1.29 is 18.3 Å². The Kier molecular flexibility index (Phi) is 4.19. The van der Waals surface area contributed by atoms with Crippen molar-refractivity contribution in [1.82, 2.24) is 15.4 Å². The summed E-state index contributed by atoms with van der Waals surface area (Å²) in [7, 11) is 0. The van der Waals surface area contributed by atoms with Gasteiger partial charge in [0.15, 0.2) is 5.69 Å². The molecule has 0 aliphatic heterocycles. The smallest absolute Gasteiger partial charge is 0.271 e. The van der Waals surface area contributed by atoms with Gasteiger partial charge in [-0.1, -0.05) is 0 Å². The van der Waals surface area contributed by atoms with Gasteiger partial charge in [0.05, 0.1) is 0 Å². The number of nitrogens with two attached hydrogens (primary N) is 1. The van der Waals surface area contributed by atoms with Crippen molar-refractivity contribution in [2.75, 3.05) is 0 Å². The van der Waals surface area contributed by atoms with Crippen LogP contribution in [0.25, 0.3) is 11.3 Å². The highest BCUT2D eigenvalue weighted by atomic mass is 19.1. The largest absolute Gasteiger partial charge is 0.489 e. The summed E-state index contributed by atoms with van der Waals surface area (Å²) in [5.74, 6) is -1.32. The molecule has 0 fully saturated rings. The van der Waals surface area contributed by atoms with E-state index in [1.165, 1.54) is 0 Å². The number of aromatic nitrogens is 3. The molecular weight excluding hydrogens is 318 g/mol. The molecule has 3 aromatic rings. The number of hydrogen-bond acceptors (Lipinski definition) is 4. The van der Waals surface area contributed by atoms with Gasteiger partial charge in [0.25, 0.3) is 5.91 Å². The second kappa shape index (κ2) is 6.45. The predicted molar refractivity (Wildman–Crippen MR) is 81.0 cm³/mol. The van der Waals surface area contributed by atoms with Crippen LogP contribution in [-0.4, -0.2) is 21.3 Å². The molecule has 0 spiro atoms. The Labute approximate surface area is 135 Å². The fourth-order valence-electron chi connectivity index (χ4n) is 2.13. The molecule has 0 atom stereocenters. The van der Waals surface area contributed by atoms with Gasteiger partial charge in [-0.05, 0) is 42.5 Å². The first-order valence-electron chi connectivity index (χ1n) is 6.92. The van der Waals surface area contributed by atoms with Gasteiger partial charge in [0.1, 0.15) is 29.7 Å². The summed E-state index contributed by atoms with van der Waals surface area (Å²) >= 11 is 0. The van der Waals surface area contributed by atoms with E-state index >= 15 is 0 Å². The molecule has 0 saturated carbocycles. The van der Waals surface area contributed by atoms with Crippen molar-refractivity contribution in [2.45, 2.75) is 6.61 Å². The number of benzene rings is 2. The van der Waals surface area contributed by atoms with Crippen LogP contribution in [0.3, 0.4) is 0 Å². The Balaban J connectivity index is 1.74. The maximum Gasteiger partial charge on any atom is 0.271 e. The first-order valence-corrected chi connectivity index (χ1v) is 6.92. The van der Waals surface area contributed by atoms with Gasteiger partial charge in [0, 0.05) is 11.1 Å². The third-order valence-corrected chi connectivity index (χ3v) is 3.31. The van der Waals surface area contributed by atoms with E-state index in [-0.39, 0.29) is 17.9 Å². The Bertz CT molecular complexity index is 878. The monoisotopic (exact) mass is 330 g/mol. The number of nitrogens with zero attached hydrogens (tertiary/aromatic N) is 2. The van der Waals surface area contributed by atoms with Gasteiger partial charge < -0.3 is 10.5 Å². The van der Waals surface area contributed by atoms with Gasteiger partial charge in [-0.25, -0.2) is 8.78 Å². The molecule has 3 rings (SSSR count). The van der Waals surface area contributed by atoms with E-state index < -0.39 is 17.5 Å². The normalized spacial score (nSPS) is 10.6. The van der Waals surface area contributed by atoms with Crippen LogP contribution >= 0.6 is 0 Å². The lowest BCUT2D eigenvalue weighted by molar-refractivity contribution is 0.0996. The van der Waals surface area contributed by atoms with Gasteiger partial charge >= 0.3 is 0 Å². The van der Waals surface area contributed by atoms with Crippen molar-refractivity contribution in [3.05, 3.63) is 65.4 Å². The van der Waals surface area contributed by atoms with E-state index in [4.69, 9.17) is 10.5 Å². The Hall–Kier alpha value is -3.29. The van der Waals surface area contributed by atoms with Crippen LogP contribution in [0.4, 0.5) is 8.78 Å². The molecule has 24 heavy (non-hydrogen) atoms. The molecule has 122 valence electrons. The fraction of sp³-hybridized carbons (Fsp3) is 0.0625. The molecule has 3 N–H and O–H groups in total. The predicted octanol–water partition coefficient (Wildman–Crippen LogP) is 2.43. The summed E-state index contributed by atoms with van der Waals surface area (Å²) in [6, 6.07) is 9.72. The van der Waals surface area contributed by atoms with Crippen LogP contribution in [0.15, 0.2) is 42.5 Å². The van der Waals surface area contributed by atoms with Crippen molar-refractivity contribution in [2.24, 2.45) is 5.73 Å². The molecule has 0 aliphatic carbocycles. The zero-order valence-corrected chi connectivity index (χ0v) is 12.3. The zero-order valence-electron chi connectivity index (χ0n) is 12.3. The zero-order chi connectivity index (χ0) is 17.1. The first kappa shape index (κ1) is 15.6. The quantitative estimate of drug-likeness (QED) is 0.751. The number of halogens is 2. The lowest BCUT2D eigenvalue weighted by Crippen LogP contribution is -2.12. The summed E-state index contributed by atoms with van der Waals surface area (Å²) in [5, 5.41) is 9.91. The second-order valence-corrected chi connectivity index (χ2v) is 4.93. The minimum Gasteiger partial charge on any atom is -0.489 e. The highest BCUT2D eigenvalue weighted by molar-refractivity contribution is 5.96. The summed E-state index contributed by atoms with van der Waals surface area (Å²) < 4.78 is 32.1. The molecule has 8 heteroatoms. The Morgan fingerprint density at radius 3 is 2.58 bits per heavy atom. The van der Waals surface area contributed by atoms with Crippen molar-refractivity contribution in [3.63, 3.8) is 0 Å². The van der Waals surface area contributed by atoms with Crippen molar-refractivity contribution >= 4 is 5.91 Å². The van der Waals surface area contributed by atoms with E-state index in [2.05, 4.69) is 15.4 Å². The average Bonchev–Trinajstić information content (AvgIpc) is 3.06. The Morgan fingerprint density at radius 1 is 1.12 bits per heavy atom. The average molecular weight is 330 g/mol. The molecule has 6 nitrogen and oxygen atoms in total. The standard InChI is InChI=1S/C16H12F2N4O2/c17-11-3-6-13(18)10(7-11)8-24-12-4-1-9(2-5-12)14-15(16(19)23)21-22-20-14/h1-7H,8H2,(H2,19,23)(H,20,21,22). The fourth-order valence-corrected chi connectivity index (χ4v) is 2.13. The number of aromatic amines is 1. The number of H-pyrrole nitrogens is 1. The van der Waals surface area contributed by atoms with E-state index in [0.717, 1.165) is 18.2 Å². The third kappa shape index (κ3) is 3.22. The summed E-state index contributed by atoms with van der Waals surface area (Å²) in [6.07, 6.45) is 0. The molecule has 0 saturated heterocycles. The molecule has 0 unspecified atom stereocenters. The highest BCUT2D eigenvalue weighted by Gasteiger charge is 2.15.